The number of hydrogen-bond acceptors (Lipinski definition) is 2. The summed E-state index contributed by atoms with van der Waals surface area (Å²) in [5, 5.41) is 4.60. The summed E-state index contributed by atoms with van der Waals surface area (Å²) in [5.74, 6) is 0. The maximum absolute atomic E-state index is 14.3. The fraction of sp³-hybridized carbons (Fsp3) is 0.0769. The second-order valence-electron chi connectivity index (χ2n) is 7.28. The normalized spacial score (nSPS) is 11.9. The molecule has 0 spiro atoms. The molecule has 0 unspecified atom stereocenters. The Kier molecular flexibility index (Phi) is 7.11. The maximum atomic E-state index is 14.3. The molecule has 156 valence electrons. The van der Waals surface area contributed by atoms with Crippen LogP contribution in [0.25, 0.3) is 0 Å². The van der Waals surface area contributed by atoms with Crippen molar-refractivity contribution < 1.29 is 9.13 Å². The van der Waals surface area contributed by atoms with Crippen LogP contribution in [-0.2, 0) is 9.13 Å². The average Bonchev–Trinajstić information content (AvgIpc) is 2.86. The summed E-state index contributed by atoms with van der Waals surface area (Å²) in [5.41, 5.74) is 0. The molecule has 0 aliphatic heterocycles. The van der Waals surface area contributed by atoms with Crippen LogP contribution in [-0.4, -0.2) is 25.1 Å². The van der Waals surface area contributed by atoms with Gasteiger partial charge in [-0.15, -0.1) is 0 Å². The molecule has 4 aromatic carbocycles. The molecule has 0 saturated heterocycles. The summed E-state index contributed by atoms with van der Waals surface area (Å²) in [6.45, 7) is 0. The number of benzene rings is 4. The van der Waals surface area contributed by atoms with Crippen LogP contribution in [0.15, 0.2) is 121 Å². The average molecular weight is 509 g/mol. The summed E-state index contributed by atoms with van der Waals surface area (Å²) >= 11 is -0.0670. The minimum absolute atomic E-state index is 0.0670. The van der Waals surface area contributed by atoms with Crippen molar-refractivity contribution in [3.8, 4) is 0 Å². The Labute approximate surface area is 190 Å². The van der Waals surface area contributed by atoms with Crippen LogP contribution in [0, 0.1) is 0 Å². The zero-order chi connectivity index (χ0) is 21.6. The van der Waals surface area contributed by atoms with Gasteiger partial charge in [-0.3, -0.25) is 0 Å². The van der Waals surface area contributed by atoms with E-state index in [4.69, 9.17) is 0 Å². The number of hydrogen-bond donors (Lipinski definition) is 0. The Morgan fingerprint density at radius 3 is 0.871 bits per heavy atom. The van der Waals surface area contributed by atoms with E-state index in [1.807, 2.05) is 121 Å². The van der Waals surface area contributed by atoms with E-state index >= 15 is 0 Å². The first kappa shape index (κ1) is 22.1. The third-order valence-electron chi connectivity index (χ3n) is 5.24. The summed E-state index contributed by atoms with van der Waals surface area (Å²) in [6, 6.07) is 39.0. The molecule has 0 N–H and O–H groups in total. The van der Waals surface area contributed by atoms with Gasteiger partial charge in [0.25, 0.3) is 0 Å². The van der Waals surface area contributed by atoms with E-state index in [0.717, 1.165) is 21.2 Å². The van der Waals surface area contributed by atoms with Crippen molar-refractivity contribution in [1.29, 1.82) is 0 Å². The van der Waals surface area contributed by atoms with E-state index in [1.165, 1.54) is 0 Å². The second-order valence-corrected chi connectivity index (χ2v) is 16.9. The SMILES string of the molecule is O=P(C[Se]CP(=O)(c1ccccc1)c1ccccc1)(c1ccccc1)c1ccccc1. The first-order chi connectivity index (χ1) is 15.1. The molecule has 0 saturated carbocycles. The molecule has 5 heteroatoms. The predicted molar refractivity (Wildman–Crippen MR) is 135 cm³/mol. The molecule has 0 fully saturated rings. The van der Waals surface area contributed by atoms with E-state index in [9.17, 15) is 9.13 Å². The standard InChI is InChI=1S/C26H24O2P2Se/c27-29(23-13-5-1-6-14-23,24-15-7-2-8-16-24)21-31-22-30(28,25-17-9-3-10-18-25)26-19-11-4-12-20-26/h1-20H,21-22H2. The summed E-state index contributed by atoms with van der Waals surface area (Å²) in [6.07, 6.45) is 0. The first-order valence-corrected chi connectivity index (χ1v) is 16.3. The van der Waals surface area contributed by atoms with Crippen molar-refractivity contribution in [3.05, 3.63) is 121 Å². The first-order valence-electron chi connectivity index (χ1n) is 10.1. The van der Waals surface area contributed by atoms with Gasteiger partial charge in [0, 0.05) is 0 Å². The van der Waals surface area contributed by atoms with Crippen LogP contribution in [0.5, 0.6) is 0 Å². The van der Waals surface area contributed by atoms with Crippen molar-refractivity contribution in [2.24, 2.45) is 0 Å². The van der Waals surface area contributed by atoms with Crippen molar-refractivity contribution >= 4 is 50.5 Å². The van der Waals surface area contributed by atoms with Gasteiger partial charge in [0.1, 0.15) is 0 Å². The molecule has 0 heterocycles. The van der Waals surface area contributed by atoms with Gasteiger partial charge in [-0.05, 0) is 0 Å². The molecule has 0 aromatic heterocycles. The Balaban J connectivity index is 1.66. The minimum atomic E-state index is -2.79. The molecule has 0 bridgehead atoms. The Hall–Kier alpha value is -2.14. The van der Waals surface area contributed by atoms with Crippen molar-refractivity contribution in [3.63, 3.8) is 0 Å². The van der Waals surface area contributed by atoms with Crippen molar-refractivity contribution in [1.82, 2.24) is 0 Å². The van der Waals surface area contributed by atoms with E-state index in [1.54, 1.807) is 0 Å². The summed E-state index contributed by atoms with van der Waals surface area (Å²) < 4.78 is 28.6. The quantitative estimate of drug-likeness (QED) is 0.257. The molecular weight excluding hydrogens is 485 g/mol. The Bertz CT molecular complexity index is 1010. The molecule has 0 aliphatic carbocycles. The topological polar surface area (TPSA) is 34.1 Å². The zero-order valence-corrected chi connectivity index (χ0v) is 20.6. The molecule has 2 nitrogen and oxygen atoms in total. The van der Waals surface area contributed by atoms with Crippen LogP contribution < -0.4 is 21.2 Å². The van der Waals surface area contributed by atoms with Crippen LogP contribution >= 0.6 is 14.3 Å². The third-order valence-corrected chi connectivity index (χ3v) is 17.7. The van der Waals surface area contributed by atoms with Crippen LogP contribution in [0.1, 0.15) is 0 Å². The molecule has 31 heavy (non-hydrogen) atoms. The molecule has 0 atom stereocenters. The van der Waals surface area contributed by atoms with E-state index in [0.29, 0.717) is 10.1 Å². The summed E-state index contributed by atoms with van der Waals surface area (Å²) in [4.78, 5) is 0. The van der Waals surface area contributed by atoms with Crippen LogP contribution in [0.3, 0.4) is 0 Å². The van der Waals surface area contributed by atoms with Crippen LogP contribution in [0.2, 0.25) is 0 Å². The van der Waals surface area contributed by atoms with Gasteiger partial charge in [0.2, 0.25) is 0 Å². The van der Waals surface area contributed by atoms with Gasteiger partial charge >= 0.3 is 191 Å². The molecular formula is C26H24O2P2Se. The zero-order valence-electron chi connectivity index (χ0n) is 17.1. The molecule has 4 aromatic rings. The van der Waals surface area contributed by atoms with Gasteiger partial charge in [-0.25, -0.2) is 0 Å². The second kappa shape index (κ2) is 9.99. The van der Waals surface area contributed by atoms with Gasteiger partial charge in [0.05, 0.1) is 0 Å². The Morgan fingerprint density at radius 2 is 0.645 bits per heavy atom. The Morgan fingerprint density at radius 1 is 0.419 bits per heavy atom. The monoisotopic (exact) mass is 510 g/mol. The fourth-order valence-electron chi connectivity index (χ4n) is 3.57. The molecule has 0 amide bonds. The molecule has 0 radical (unpaired) electrons. The van der Waals surface area contributed by atoms with E-state index in [-0.39, 0.29) is 15.0 Å². The van der Waals surface area contributed by atoms with E-state index < -0.39 is 14.3 Å². The van der Waals surface area contributed by atoms with E-state index in [2.05, 4.69) is 0 Å². The van der Waals surface area contributed by atoms with Gasteiger partial charge < -0.3 is 0 Å². The molecule has 0 aliphatic rings. The number of rotatable bonds is 8. The van der Waals surface area contributed by atoms with Gasteiger partial charge in [-0.2, -0.15) is 0 Å². The molecule has 4 rings (SSSR count). The van der Waals surface area contributed by atoms with Crippen molar-refractivity contribution in [2.75, 3.05) is 10.1 Å². The van der Waals surface area contributed by atoms with Gasteiger partial charge in [-0.1, -0.05) is 0 Å². The van der Waals surface area contributed by atoms with Crippen LogP contribution in [0.4, 0.5) is 0 Å². The summed E-state index contributed by atoms with van der Waals surface area (Å²) in [7, 11) is -5.57. The van der Waals surface area contributed by atoms with Gasteiger partial charge in [0.15, 0.2) is 0 Å². The third kappa shape index (κ3) is 4.87. The fourth-order valence-corrected chi connectivity index (χ4v) is 16.7. The van der Waals surface area contributed by atoms with Crippen molar-refractivity contribution in [2.45, 2.75) is 0 Å². The predicted octanol–water partition coefficient (Wildman–Crippen LogP) is 4.63.